The Labute approximate surface area is 124 Å². The standard InChI is InChI=1S/C16H21NO4/c18-14(19)16(9-7-13-5-2-1-3-6-13)8-4-11-17(12-10-16)15(20)21/h1-3,5-6H,4,7-12H2,(H,18,19)(H,20,21). The normalized spacial score (nSPS) is 22.6. The van der Waals surface area contributed by atoms with Crippen LogP contribution in [-0.2, 0) is 11.2 Å². The minimum Gasteiger partial charge on any atom is -0.481 e. The zero-order valence-corrected chi connectivity index (χ0v) is 12.0. The molecule has 1 unspecified atom stereocenters. The van der Waals surface area contributed by atoms with Crippen LogP contribution in [0.1, 0.15) is 31.2 Å². The molecule has 0 bridgehead atoms. The second-order valence-corrected chi connectivity index (χ2v) is 5.69. The Morgan fingerprint density at radius 2 is 1.81 bits per heavy atom. The molecule has 114 valence electrons. The number of carbonyl (C=O) groups is 2. The molecule has 0 saturated carbocycles. The first-order valence-electron chi connectivity index (χ1n) is 7.29. The highest BCUT2D eigenvalue weighted by atomic mass is 16.4. The molecule has 5 heteroatoms. The zero-order chi connectivity index (χ0) is 15.3. The van der Waals surface area contributed by atoms with Crippen molar-refractivity contribution < 1.29 is 19.8 Å². The summed E-state index contributed by atoms with van der Waals surface area (Å²) in [5.74, 6) is -0.800. The Kier molecular flexibility index (Phi) is 4.83. The maximum Gasteiger partial charge on any atom is 0.407 e. The van der Waals surface area contributed by atoms with Gasteiger partial charge in [-0.3, -0.25) is 4.79 Å². The van der Waals surface area contributed by atoms with Gasteiger partial charge >= 0.3 is 12.1 Å². The molecule has 0 radical (unpaired) electrons. The van der Waals surface area contributed by atoms with Gasteiger partial charge in [-0.05, 0) is 37.7 Å². The molecule has 21 heavy (non-hydrogen) atoms. The number of rotatable bonds is 4. The summed E-state index contributed by atoms with van der Waals surface area (Å²) in [6, 6.07) is 9.82. The quantitative estimate of drug-likeness (QED) is 0.894. The predicted molar refractivity (Wildman–Crippen MR) is 78.3 cm³/mol. The van der Waals surface area contributed by atoms with Gasteiger partial charge in [0.2, 0.25) is 0 Å². The van der Waals surface area contributed by atoms with Crippen LogP contribution < -0.4 is 0 Å². The van der Waals surface area contributed by atoms with Crippen LogP contribution in [0.25, 0.3) is 0 Å². The maximum atomic E-state index is 11.8. The maximum absolute atomic E-state index is 11.8. The number of nitrogens with zero attached hydrogens (tertiary/aromatic N) is 1. The fourth-order valence-electron chi connectivity index (χ4n) is 2.98. The predicted octanol–water partition coefficient (Wildman–Crippen LogP) is 2.85. The second kappa shape index (κ2) is 6.61. The highest BCUT2D eigenvalue weighted by molar-refractivity contribution is 5.75. The monoisotopic (exact) mass is 291 g/mol. The van der Waals surface area contributed by atoms with Crippen LogP contribution in [0.2, 0.25) is 0 Å². The van der Waals surface area contributed by atoms with Crippen molar-refractivity contribution in [2.24, 2.45) is 5.41 Å². The Morgan fingerprint density at radius 1 is 1.10 bits per heavy atom. The average Bonchev–Trinajstić information content (AvgIpc) is 2.70. The summed E-state index contributed by atoms with van der Waals surface area (Å²) in [7, 11) is 0. The molecule has 2 N–H and O–H groups in total. The number of likely N-dealkylation sites (tertiary alicyclic amines) is 1. The third-order valence-corrected chi connectivity index (χ3v) is 4.40. The summed E-state index contributed by atoms with van der Waals surface area (Å²) in [5.41, 5.74) is 0.317. The lowest BCUT2D eigenvalue weighted by Crippen LogP contribution is -2.35. The summed E-state index contributed by atoms with van der Waals surface area (Å²) >= 11 is 0. The van der Waals surface area contributed by atoms with Crippen molar-refractivity contribution in [3.05, 3.63) is 35.9 Å². The number of benzene rings is 1. The van der Waals surface area contributed by atoms with Gasteiger partial charge in [-0.25, -0.2) is 4.79 Å². The van der Waals surface area contributed by atoms with E-state index in [1.54, 1.807) is 0 Å². The summed E-state index contributed by atoms with van der Waals surface area (Å²) in [6.45, 7) is 0.728. The molecule has 1 aromatic rings. The molecule has 0 aromatic heterocycles. The lowest BCUT2D eigenvalue weighted by molar-refractivity contribution is -0.150. The van der Waals surface area contributed by atoms with Crippen LogP contribution in [0.5, 0.6) is 0 Å². The Balaban J connectivity index is 2.06. The molecule has 1 fully saturated rings. The molecule has 1 aliphatic rings. The molecule has 5 nitrogen and oxygen atoms in total. The topological polar surface area (TPSA) is 77.8 Å². The van der Waals surface area contributed by atoms with E-state index in [-0.39, 0.29) is 0 Å². The lowest BCUT2D eigenvalue weighted by Gasteiger charge is -2.28. The van der Waals surface area contributed by atoms with Gasteiger partial charge < -0.3 is 15.1 Å². The van der Waals surface area contributed by atoms with E-state index in [1.165, 1.54) is 4.90 Å². The minimum atomic E-state index is -0.959. The largest absolute Gasteiger partial charge is 0.481 e. The second-order valence-electron chi connectivity index (χ2n) is 5.69. The highest BCUT2D eigenvalue weighted by Crippen LogP contribution is 2.36. The van der Waals surface area contributed by atoms with Crippen molar-refractivity contribution in [2.75, 3.05) is 13.1 Å². The van der Waals surface area contributed by atoms with E-state index in [2.05, 4.69) is 0 Å². The SMILES string of the molecule is O=C(O)N1CCCC(CCc2ccccc2)(C(=O)O)CC1. The Bertz CT molecular complexity index is 502. The van der Waals surface area contributed by atoms with Crippen molar-refractivity contribution in [2.45, 2.75) is 32.1 Å². The van der Waals surface area contributed by atoms with Crippen molar-refractivity contribution >= 4 is 12.1 Å². The zero-order valence-electron chi connectivity index (χ0n) is 12.0. The molecule has 1 aliphatic heterocycles. The molecule has 1 saturated heterocycles. The summed E-state index contributed by atoms with van der Waals surface area (Å²) in [6.07, 6.45) is 1.84. The van der Waals surface area contributed by atoms with Gasteiger partial charge in [0.05, 0.1) is 5.41 Å². The molecule has 1 amide bonds. The molecule has 0 spiro atoms. The molecular formula is C16H21NO4. The van der Waals surface area contributed by atoms with Crippen LogP contribution in [-0.4, -0.2) is 40.3 Å². The van der Waals surface area contributed by atoms with Crippen LogP contribution in [0, 0.1) is 5.41 Å². The van der Waals surface area contributed by atoms with Crippen LogP contribution in [0.15, 0.2) is 30.3 Å². The molecular weight excluding hydrogens is 270 g/mol. The van der Waals surface area contributed by atoms with E-state index in [0.717, 1.165) is 5.56 Å². The first-order chi connectivity index (χ1) is 10.0. The number of hydrogen-bond donors (Lipinski definition) is 2. The first kappa shape index (κ1) is 15.4. The molecule has 2 rings (SSSR count). The first-order valence-corrected chi connectivity index (χ1v) is 7.29. The average molecular weight is 291 g/mol. The number of carboxylic acid groups (broad SMARTS) is 2. The number of hydrogen-bond acceptors (Lipinski definition) is 2. The fraction of sp³-hybridized carbons (Fsp3) is 0.500. The smallest absolute Gasteiger partial charge is 0.407 e. The van der Waals surface area contributed by atoms with Crippen molar-refractivity contribution in [3.63, 3.8) is 0 Å². The fourth-order valence-corrected chi connectivity index (χ4v) is 2.98. The van der Waals surface area contributed by atoms with E-state index in [9.17, 15) is 14.7 Å². The van der Waals surface area contributed by atoms with E-state index in [0.29, 0.717) is 45.2 Å². The molecule has 1 aromatic carbocycles. The van der Waals surface area contributed by atoms with Gasteiger partial charge in [-0.1, -0.05) is 30.3 Å². The van der Waals surface area contributed by atoms with Crippen LogP contribution in [0.3, 0.4) is 0 Å². The van der Waals surface area contributed by atoms with Gasteiger partial charge in [-0.15, -0.1) is 0 Å². The van der Waals surface area contributed by atoms with Crippen molar-refractivity contribution in [3.8, 4) is 0 Å². The van der Waals surface area contributed by atoms with Gasteiger partial charge in [-0.2, -0.15) is 0 Å². The van der Waals surface area contributed by atoms with E-state index >= 15 is 0 Å². The summed E-state index contributed by atoms with van der Waals surface area (Å²) in [5, 5.41) is 18.7. The molecule has 1 heterocycles. The molecule has 1 atom stereocenters. The van der Waals surface area contributed by atoms with Crippen molar-refractivity contribution in [1.29, 1.82) is 0 Å². The van der Waals surface area contributed by atoms with Gasteiger partial charge in [0, 0.05) is 13.1 Å². The van der Waals surface area contributed by atoms with Crippen molar-refractivity contribution in [1.82, 2.24) is 4.90 Å². The van der Waals surface area contributed by atoms with E-state index < -0.39 is 17.5 Å². The Morgan fingerprint density at radius 3 is 2.43 bits per heavy atom. The van der Waals surface area contributed by atoms with Crippen LogP contribution >= 0.6 is 0 Å². The third-order valence-electron chi connectivity index (χ3n) is 4.40. The van der Waals surface area contributed by atoms with Crippen LogP contribution in [0.4, 0.5) is 4.79 Å². The van der Waals surface area contributed by atoms with Gasteiger partial charge in [0.25, 0.3) is 0 Å². The number of amides is 1. The number of carboxylic acids is 1. The highest BCUT2D eigenvalue weighted by Gasteiger charge is 2.40. The number of aliphatic carboxylic acids is 1. The summed E-state index contributed by atoms with van der Waals surface area (Å²) < 4.78 is 0. The summed E-state index contributed by atoms with van der Waals surface area (Å²) in [4.78, 5) is 24.1. The molecule has 0 aliphatic carbocycles. The third kappa shape index (κ3) is 3.74. The van der Waals surface area contributed by atoms with E-state index in [1.807, 2.05) is 30.3 Å². The Hall–Kier alpha value is -2.04. The van der Waals surface area contributed by atoms with Gasteiger partial charge in [0.15, 0.2) is 0 Å². The minimum absolute atomic E-state index is 0.302. The number of aryl methyl sites for hydroxylation is 1. The lowest BCUT2D eigenvalue weighted by atomic mass is 9.76. The van der Waals surface area contributed by atoms with E-state index in [4.69, 9.17) is 5.11 Å². The van der Waals surface area contributed by atoms with Gasteiger partial charge in [0.1, 0.15) is 0 Å².